The summed E-state index contributed by atoms with van der Waals surface area (Å²) in [5, 5.41) is 36.7. The van der Waals surface area contributed by atoms with Gasteiger partial charge in [0, 0.05) is 0 Å². The molecule has 1 fully saturated rings. The average molecular weight is 388 g/mol. The van der Waals surface area contributed by atoms with Crippen molar-refractivity contribution in [1.82, 2.24) is 21.3 Å². The van der Waals surface area contributed by atoms with E-state index >= 15 is 0 Å². The second-order valence-electron chi connectivity index (χ2n) is 6.15. The summed E-state index contributed by atoms with van der Waals surface area (Å²) in [5.74, 6) is -5.16. The van der Waals surface area contributed by atoms with E-state index < -0.39 is 66.9 Å². The molecule has 1 saturated heterocycles. The van der Waals surface area contributed by atoms with Crippen LogP contribution in [0.3, 0.4) is 0 Å². The number of aliphatic hydroxyl groups is 1. The van der Waals surface area contributed by atoms with E-state index in [1.54, 1.807) is 0 Å². The van der Waals surface area contributed by atoms with Crippen LogP contribution >= 0.6 is 0 Å². The van der Waals surface area contributed by atoms with Gasteiger partial charge >= 0.3 is 11.9 Å². The molecule has 0 bridgehead atoms. The van der Waals surface area contributed by atoms with Gasteiger partial charge in [0.25, 0.3) is 0 Å². The summed E-state index contributed by atoms with van der Waals surface area (Å²) < 4.78 is 0. The third-order valence-corrected chi connectivity index (χ3v) is 3.87. The van der Waals surface area contributed by atoms with Crippen molar-refractivity contribution in [2.24, 2.45) is 0 Å². The maximum atomic E-state index is 12.1. The molecular weight excluding hydrogens is 364 g/mol. The highest BCUT2D eigenvalue weighted by atomic mass is 16.4. The zero-order chi connectivity index (χ0) is 20.6. The van der Waals surface area contributed by atoms with Gasteiger partial charge < -0.3 is 36.6 Å². The normalized spacial score (nSPS) is 19.4. The number of aliphatic carboxylic acids is 2. The van der Waals surface area contributed by atoms with E-state index in [2.05, 4.69) is 16.0 Å². The first-order chi connectivity index (χ1) is 12.6. The Morgan fingerprint density at radius 2 is 1.81 bits per heavy atom. The minimum atomic E-state index is -1.65. The number of hydrogen-bond donors (Lipinski definition) is 7. The van der Waals surface area contributed by atoms with Crippen LogP contribution in [0.1, 0.15) is 26.2 Å². The molecule has 152 valence electrons. The number of carboxylic acids is 2. The molecule has 3 amide bonds. The van der Waals surface area contributed by atoms with Crippen molar-refractivity contribution in [2.45, 2.75) is 50.4 Å². The lowest BCUT2D eigenvalue weighted by Gasteiger charge is -2.22. The minimum Gasteiger partial charge on any atom is -0.481 e. The van der Waals surface area contributed by atoms with Gasteiger partial charge in [-0.15, -0.1) is 0 Å². The molecule has 27 heavy (non-hydrogen) atoms. The highest BCUT2D eigenvalue weighted by Crippen LogP contribution is 2.06. The molecule has 0 aromatic rings. The fourth-order valence-electron chi connectivity index (χ4n) is 2.46. The minimum absolute atomic E-state index is 0.453. The molecule has 0 aromatic heterocycles. The molecule has 0 radical (unpaired) electrons. The number of amides is 3. The monoisotopic (exact) mass is 388 g/mol. The maximum absolute atomic E-state index is 12.1. The van der Waals surface area contributed by atoms with Gasteiger partial charge in [-0.1, -0.05) is 0 Å². The molecule has 12 nitrogen and oxygen atoms in total. The van der Waals surface area contributed by atoms with Crippen LogP contribution in [-0.4, -0.2) is 82.3 Å². The van der Waals surface area contributed by atoms with Gasteiger partial charge in [-0.3, -0.25) is 19.2 Å². The first-order valence-electron chi connectivity index (χ1n) is 8.35. The zero-order valence-corrected chi connectivity index (χ0v) is 14.7. The Kier molecular flexibility index (Phi) is 8.62. The first-order valence-corrected chi connectivity index (χ1v) is 8.35. The molecule has 0 spiro atoms. The summed E-state index contributed by atoms with van der Waals surface area (Å²) >= 11 is 0. The lowest BCUT2D eigenvalue weighted by molar-refractivity contribution is -0.147. The Labute approximate surface area is 154 Å². The van der Waals surface area contributed by atoms with Gasteiger partial charge in [0.05, 0.1) is 25.1 Å². The topological polar surface area (TPSA) is 194 Å². The molecule has 1 rings (SSSR count). The molecule has 0 aliphatic carbocycles. The maximum Gasteiger partial charge on any atom is 0.326 e. The summed E-state index contributed by atoms with van der Waals surface area (Å²) in [7, 11) is 0. The molecule has 1 heterocycles. The van der Waals surface area contributed by atoms with Gasteiger partial charge in [0.2, 0.25) is 17.7 Å². The van der Waals surface area contributed by atoms with Crippen molar-refractivity contribution < 1.29 is 39.3 Å². The van der Waals surface area contributed by atoms with Crippen molar-refractivity contribution in [3.63, 3.8) is 0 Å². The van der Waals surface area contributed by atoms with Crippen LogP contribution in [0.5, 0.6) is 0 Å². The smallest absolute Gasteiger partial charge is 0.326 e. The number of hydrogen-bond acceptors (Lipinski definition) is 7. The largest absolute Gasteiger partial charge is 0.481 e. The highest BCUT2D eigenvalue weighted by molar-refractivity contribution is 5.93. The van der Waals surface area contributed by atoms with Crippen LogP contribution in [0.15, 0.2) is 0 Å². The van der Waals surface area contributed by atoms with Crippen molar-refractivity contribution in [2.75, 3.05) is 13.1 Å². The van der Waals surface area contributed by atoms with Crippen molar-refractivity contribution in [3.05, 3.63) is 0 Å². The van der Waals surface area contributed by atoms with Crippen LogP contribution in [0.4, 0.5) is 0 Å². The van der Waals surface area contributed by atoms with Gasteiger partial charge in [-0.05, 0) is 26.3 Å². The standard InChI is InChI=1S/C15H24N4O8/c1-7(20)12(19-13(24)8-3-2-4-16-8)14(25)17-6-10(21)18-9(15(26)27)5-11(22)23/h7-9,12,16,20H,2-6H2,1H3,(H,17,25)(H,18,21)(H,19,24)(H,22,23)(H,26,27). The summed E-state index contributed by atoms with van der Waals surface area (Å²) in [5.41, 5.74) is 0. The van der Waals surface area contributed by atoms with E-state index in [1.165, 1.54) is 6.92 Å². The molecule has 12 heteroatoms. The van der Waals surface area contributed by atoms with E-state index in [9.17, 15) is 29.1 Å². The van der Waals surface area contributed by atoms with Gasteiger partial charge in [-0.25, -0.2) is 4.79 Å². The number of nitrogens with one attached hydrogen (secondary N) is 4. The zero-order valence-electron chi connectivity index (χ0n) is 14.7. The van der Waals surface area contributed by atoms with Crippen molar-refractivity contribution in [3.8, 4) is 0 Å². The van der Waals surface area contributed by atoms with E-state index in [0.717, 1.165) is 6.42 Å². The molecule has 4 atom stereocenters. The molecule has 7 N–H and O–H groups in total. The summed E-state index contributed by atoms with van der Waals surface area (Å²) in [6.45, 7) is 1.31. The lowest BCUT2D eigenvalue weighted by Crippen LogP contribution is -2.57. The van der Waals surface area contributed by atoms with E-state index in [0.29, 0.717) is 13.0 Å². The lowest BCUT2D eigenvalue weighted by atomic mass is 10.1. The van der Waals surface area contributed by atoms with Crippen LogP contribution in [0.2, 0.25) is 0 Å². The molecular formula is C15H24N4O8. The number of aliphatic hydroxyl groups excluding tert-OH is 1. The van der Waals surface area contributed by atoms with Gasteiger partial charge in [0.15, 0.2) is 0 Å². The first kappa shape index (κ1) is 22.3. The van der Waals surface area contributed by atoms with E-state index in [1.807, 2.05) is 5.32 Å². The van der Waals surface area contributed by atoms with Crippen LogP contribution in [0, 0.1) is 0 Å². The van der Waals surface area contributed by atoms with Crippen molar-refractivity contribution in [1.29, 1.82) is 0 Å². The number of carboxylic acid groups (broad SMARTS) is 2. The fraction of sp³-hybridized carbons (Fsp3) is 0.667. The van der Waals surface area contributed by atoms with Gasteiger partial charge in [-0.2, -0.15) is 0 Å². The molecule has 1 aliphatic rings. The number of rotatable bonds is 10. The van der Waals surface area contributed by atoms with Crippen LogP contribution in [-0.2, 0) is 24.0 Å². The second kappa shape index (κ2) is 10.4. The van der Waals surface area contributed by atoms with Gasteiger partial charge in [0.1, 0.15) is 12.1 Å². The molecule has 0 aromatic carbocycles. The third kappa shape index (κ3) is 7.58. The second-order valence-corrected chi connectivity index (χ2v) is 6.15. The van der Waals surface area contributed by atoms with Crippen LogP contribution < -0.4 is 21.3 Å². The van der Waals surface area contributed by atoms with E-state index in [4.69, 9.17) is 10.2 Å². The number of carbonyl (C=O) groups is 5. The average Bonchev–Trinajstić information content (AvgIpc) is 3.10. The molecule has 0 saturated carbocycles. The number of carbonyl (C=O) groups excluding carboxylic acids is 3. The Hall–Kier alpha value is -2.73. The summed E-state index contributed by atoms with van der Waals surface area (Å²) in [6, 6.07) is -3.41. The SMILES string of the molecule is CC(O)C(NC(=O)C1CCCN1)C(=O)NCC(=O)NC(CC(=O)O)C(=O)O. The third-order valence-electron chi connectivity index (χ3n) is 3.87. The Morgan fingerprint density at radius 1 is 1.15 bits per heavy atom. The van der Waals surface area contributed by atoms with Crippen molar-refractivity contribution >= 4 is 29.7 Å². The molecule has 1 aliphatic heterocycles. The summed E-state index contributed by atoms with van der Waals surface area (Å²) in [6.07, 6.45) is -0.652. The Balaban J connectivity index is 2.55. The predicted octanol–water partition coefficient (Wildman–Crippen LogP) is -3.24. The quantitative estimate of drug-likeness (QED) is 0.201. The fourth-order valence-corrected chi connectivity index (χ4v) is 2.46. The van der Waals surface area contributed by atoms with E-state index in [-0.39, 0.29) is 0 Å². The predicted molar refractivity (Wildman–Crippen MR) is 89.5 cm³/mol. The Bertz CT molecular complexity index is 588. The molecule has 4 unspecified atom stereocenters. The summed E-state index contributed by atoms with van der Waals surface area (Å²) in [4.78, 5) is 57.4. The van der Waals surface area contributed by atoms with Crippen LogP contribution in [0.25, 0.3) is 0 Å². The Morgan fingerprint density at radius 3 is 2.30 bits per heavy atom. The highest BCUT2D eigenvalue weighted by Gasteiger charge is 2.30.